The molecule has 6 atom stereocenters. The van der Waals surface area contributed by atoms with Crippen LogP contribution in [0.25, 0.3) is 0 Å². The number of nitrogens with zero attached hydrogens (tertiary/aromatic N) is 1. The summed E-state index contributed by atoms with van der Waals surface area (Å²) < 4.78 is 5.53. The average molecular weight is 372 g/mol. The Kier molecular flexibility index (Phi) is 4.51. The molecule has 0 heterocycles. The fourth-order valence-electron chi connectivity index (χ4n) is 7.14. The number of carbonyl (C=O) groups is 1. The molecule has 0 aromatic rings. The average Bonchev–Trinajstić information content (AvgIpc) is 2.98. The first-order chi connectivity index (χ1) is 12.8. The molecule has 4 nitrogen and oxygen atoms in total. The number of carbonyl (C=O) groups excluding carboxylic acids is 1. The molecule has 4 heteroatoms. The number of hydrogen-bond acceptors (Lipinski definition) is 4. The topological polar surface area (TPSA) is 58.9 Å². The molecule has 1 N–H and O–H groups in total. The molecule has 4 aliphatic carbocycles. The Morgan fingerprint density at radius 2 is 1.85 bits per heavy atom. The van der Waals surface area contributed by atoms with Crippen molar-refractivity contribution in [2.75, 3.05) is 0 Å². The maximum absolute atomic E-state index is 11.4. The van der Waals surface area contributed by atoms with Gasteiger partial charge in [0, 0.05) is 13.3 Å². The molecule has 27 heavy (non-hydrogen) atoms. The van der Waals surface area contributed by atoms with E-state index in [9.17, 15) is 10.0 Å². The monoisotopic (exact) mass is 371 g/mol. The van der Waals surface area contributed by atoms with Crippen molar-refractivity contribution in [3.63, 3.8) is 0 Å². The van der Waals surface area contributed by atoms with Gasteiger partial charge in [-0.2, -0.15) is 0 Å². The molecule has 4 aliphatic rings. The van der Waals surface area contributed by atoms with Gasteiger partial charge >= 0.3 is 5.97 Å². The second-order valence-electron chi connectivity index (χ2n) is 9.73. The summed E-state index contributed by atoms with van der Waals surface area (Å²) >= 11 is 0. The predicted molar refractivity (Wildman–Crippen MR) is 106 cm³/mol. The van der Waals surface area contributed by atoms with E-state index in [1.54, 1.807) is 0 Å². The first-order valence-corrected chi connectivity index (χ1v) is 10.6. The van der Waals surface area contributed by atoms with E-state index in [1.165, 1.54) is 30.9 Å². The van der Waals surface area contributed by atoms with Crippen molar-refractivity contribution in [2.24, 2.45) is 33.7 Å². The summed E-state index contributed by atoms with van der Waals surface area (Å²) in [5.74, 6) is 1.90. The van der Waals surface area contributed by atoms with Crippen LogP contribution in [0.2, 0.25) is 0 Å². The van der Waals surface area contributed by atoms with E-state index in [2.05, 4.69) is 31.2 Å². The molecular weight excluding hydrogens is 338 g/mol. The Labute approximate surface area is 162 Å². The molecule has 0 spiro atoms. The molecule has 0 saturated heterocycles. The standard InChI is InChI=1S/C23H33NO3/c1-14(24-26)19-7-8-20-18-6-5-16-13-17(27-15(2)25)9-11-22(16,3)21(18)10-12-23(19,20)4/h5,7,17-18,20-21,26H,6,8-13H2,1-4H3/b24-14-/t17?,18?,20?,21?,22-,23+/m0/s1. The van der Waals surface area contributed by atoms with Crippen LogP contribution in [-0.2, 0) is 9.53 Å². The van der Waals surface area contributed by atoms with E-state index in [-0.39, 0.29) is 22.9 Å². The third kappa shape index (κ3) is 2.78. The van der Waals surface area contributed by atoms with Crippen LogP contribution < -0.4 is 0 Å². The van der Waals surface area contributed by atoms with Gasteiger partial charge in [-0.25, -0.2) is 0 Å². The molecule has 2 saturated carbocycles. The van der Waals surface area contributed by atoms with Crippen molar-refractivity contribution in [1.82, 2.24) is 0 Å². The first kappa shape index (κ1) is 18.8. The van der Waals surface area contributed by atoms with Gasteiger partial charge in [-0.05, 0) is 79.6 Å². The third-order valence-electron chi connectivity index (χ3n) is 8.51. The molecule has 0 amide bonds. The lowest BCUT2D eigenvalue weighted by Gasteiger charge is -2.57. The normalized spacial score (nSPS) is 43.8. The molecule has 0 aromatic carbocycles. The fraction of sp³-hybridized carbons (Fsp3) is 0.739. The maximum atomic E-state index is 11.4. The highest BCUT2D eigenvalue weighted by Crippen LogP contribution is 2.65. The van der Waals surface area contributed by atoms with Crippen LogP contribution in [0, 0.1) is 28.6 Å². The van der Waals surface area contributed by atoms with Crippen LogP contribution in [0.3, 0.4) is 0 Å². The predicted octanol–water partition coefficient (Wildman–Crippen LogP) is 5.27. The molecule has 0 bridgehead atoms. The van der Waals surface area contributed by atoms with Crippen LogP contribution in [0.15, 0.2) is 28.5 Å². The van der Waals surface area contributed by atoms with Gasteiger partial charge in [-0.3, -0.25) is 4.79 Å². The van der Waals surface area contributed by atoms with Crippen molar-refractivity contribution in [3.8, 4) is 0 Å². The summed E-state index contributed by atoms with van der Waals surface area (Å²) in [6.45, 7) is 8.30. The number of rotatable bonds is 2. The van der Waals surface area contributed by atoms with Gasteiger partial charge in [-0.15, -0.1) is 0 Å². The Morgan fingerprint density at radius 3 is 2.56 bits per heavy atom. The molecule has 148 valence electrons. The highest BCUT2D eigenvalue weighted by atomic mass is 16.5. The highest BCUT2D eigenvalue weighted by Gasteiger charge is 2.57. The zero-order chi connectivity index (χ0) is 19.4. The van der Waals surface area contributed by atoms with E-state index in [0.717, 1.165) is 37.8 Å². The number of allylic oxidation sites excluding steroid dienone is 3. The second kappa shape index (κ2) is 6.49. The van der Waals surface area contributed by atoms with E-state index in [0.29, 0.717) is 17.8 Å². The van der Waals surface area contributed by atoms with E-state index in [1.807, 2.05) is 6.92 Å². The largest absolute Gasteiger partial charge is 0.462 e. The quantitative estimate of drug-likeness (QED) is 0.237. The van der Waals surface area contributed by atoms with Gasteiger partial charge in [0.25, 0.3) is 0 Å². The lowest BCUT2D eigenvalue weighted by Crippen LogP contribution is -2.50. The Balaban J connectivity index is 1.59. The van der Waals surface area contributed by atoms with Crippen molar-refractivity contribution >= 4 is 11.7 Å². The Hall–Kier alpha value is -1.58. The van der Waals surface area contributed by atoms with Gasteiger partial charge < -0.3 is 9.94 Å². The highest BCUT2D eigenvalue weighted by molar-refractivity contribution is 5.99. The van der Waals surface area contributed by atoms with Crippen molar-refractivity contribution in [2.45, 2.75) is 78.7 Å². The summed E-state index contributed by atoms with van der Waals surface area (Å²) in [4.78, 5) is 11.4. The first-order valence-electron chi connectivity index (χ1n) is 10.6. The van der Waals surface area contributed by atoms with Gasteiger partial charge in [0.05, 0.1) is 5.71 Å². The fourth-order valence-corrected chi connectivity index (χ4v) is 7.14. The van der Waals surface area contributed by atoms with Gasteiger partial charge in [0.2, 0.25) is 0 Å². The van der Waals surface area contributed by atoms with Gasteiger partial charge in [-0.1, -0.05) is 36.7 Å². The molecule has 0 radical (unpaired) electrons. The van der Waals surface area contributed by atoms with E-state index >= 15 is 0 Å². The number of oxime groups is 1. The maximum Gasteiger partial charge on any atom is 0.302 e. The summed E-state index contributed by atoms with van der Waals surface area (Å²) in [5, 5.41) is 12.8. The summed E-state index contributed by atoms with van der Waals surface area (Å²) in [6.07, 6.45) is 12.6. The lowest BCUT2D eigenvalue weighted by atomic mass is 9.47. The zero-order valence-electron chi connectivity index (χ0n) is 17.1. The van der Waals surface area contributed by atoms with E-state index < -0.39 is 0 Å². The Bertz CT molecular complexity index is 736. The SMILES string of the molecule is CC(=O)OC1CC[C@@]2(C)C(=CCC3C2CC[C@]2(C)C(/C(C)=N\O)=CCC32)C1. The number of hydrogen-bond donors (Lipinski definition) is 1. The van der Waals surface area contributed by atoms with Crippen molar-refractivity contribution in [3.05, 3.63) is 23.3 Å². The summed E-state index contributed by atoms with van der Waals surface area (Å²) in [5.41, 5.74) is 3.99. The van der Waals surface area contributed by atoms with Crippen LogP contribution in [0.5, 0.6) is 0 Å². The second-order valence-corrected chi connectivity index (χ2v) is 9.73. The number of ether oxygens (including phenoxy) is 1. The lowest BCUT2D eigenvalue weighted by molar-refractivity contribution is -0.148. The molecule has 4 unspecified atom stereocenters. The van der Waals surface area contributed by atoms with Gasteiger partial charge in [0.1, 0.15) is 6.10 Å². The molecular formula is C23H33NO3. The van der Waals surface area contributed by atoms with Crippen molar-refractivity contribution < 1.29 is 14.7 Å². The van der Waals surface area contributed by atoms with Crippen LogP contribution in [0.4, 0.5) is 0 Å². The van der Waals surface area contributed by atoms with Crippen LogP contribution >= 0.6 is 0 Å². The number of esters is 1. The summed E-state index contributed by atoms with van der Waals surface area (Å²) in [6, 6.07) is 0. The van der Waals surface area contributed by atoms with Crippen molar-refractivity contribution in [1.29, 1.82) is 0 Å². The van der Waals surface area contributed by atoms with Crippen LogP contribution in [0.1, 0.15) is 72.6 Å². The smallest absolute Gasteiger partial charge is 0.302 e. The minimum Gasteiger partial charge on any atom is -0.462 e. The van der Waals surface area contributed by atoms with E-state index in [4.69, 9.17) is 4.74 Å². The zero-order valence-corrected chi connectivity index (χ0v) is 17.1. The minimum atomic E-state index is -0.156. The molecule has 2 fully saturated rings. The Morgan fingerprint density at radius 1 is 1.11 bits per heavy atom. The molecule has 0 aliphatic heterocycles. The third-order valence-corrected chi connectivity index (χ3v) is 8.51. The van der Waals surface area contributed by atoms with Crippen LogP contribution in [-0.4, -0.2) is 23.0 Å². The minimum absolute atomic E-state index is 0.0652. The number of fused-ring (bicyclic) bond motifs is 5. The summed E-state index contributed by atoms with van der Waals surface area (Å²) in [7, 11) is 0. The molecule has 0 aromatic heterocycles. The van der Waals surface area contributed by atoms with Gasteiger partial charge in [0.15, 0.2) is 0 Å². The molecule has 4 rings (SSSR count).